The number of carbonyl (C=O) groups excluding carboxylic acids is 1. The van der Waals surface area contributed by atoms with Crippen LogP contribution in [-0.4, -0.2) is 56.6 Å². The van der Waals surface area contributed by atoms with Crippen molar-refractivity contribution in [1.29, 1.82) is 0 Å². The van der Waals surface area contributed by atoms with Gasteiger partial charge in [-0.1, -0.05) is 12.1 Å². The summed E-state index contributed by atoms with van der Waals surface area (Å²) in [5, 5.41) is 7.09. The third kappa shape index (κ3) is 3.10. The van der Waals surface area contributed by atoms with Crippen LogP contribution < -0.4 is 10.3 Å². The zero-order chi connectivity index (χ0) is 21.5. The first-order valence-electron chi connectivity index (χ1n) is 10.6. The molecule has 0 spiro atoms. The number of rotatable bonds is 4. The van der Waals surface area contributed by atoms with Gasteiger partial charge in [-0.05, 0) is 29.8 Å². The standard InChI is InChI=1S/C23H21N7O2/c31-23-18-5-4-16(13-17(18)14-27-23)19-15-26-22(21-25-7-8-29(19)21)30(20-3-1-2-6-24-20)28-9-11-32-12-10-28/h1-8,13,15H,9-12,14H2,(H,27,31). The summed E-state index contributed by atoms with van der Waals surface area (Å²) in [6, 6.07) is 11.7. The summed E-state index contributed by atoms with van der Waals surface area (Å²) in [7, 11) is 0. The average Bonchev–Trinajstić information content (AvgIpc) is 3.48. The van der Waals surface area contributed by atoms with Crippen molar-refractivity contribution in [1.82, 2.24) is 29.7 Å². The Morgan fingerprint density at radius 1 is 1.03 bits per heavy atom. The van der Waals surface area contributed by atoms with Gasteiger partial charge in [0.2, 0.25) is 0 Å². The quantitative estimate of drug-likeness (QED) is 0.535. The highest BCUT2D eigenvalue weighted by atomic mass is 16.5. The van der Waals surface area contributed by atoms with Crippen molar-refractivity contribution in [3.05, 3.63) is 72.3 Å². The largest absolute Gasteiger partial charge is 0.379 e. The Kier molecular flexibility index (Phi) is 4.55. The average molecular weight is 427 g/mol. The lowest BCUT2D eigenvalue weighted by molar-refractivity contribution is 0.0372. The van der Waals surface area contributed by atoms with E-state index in [1.165, 1.54) is 0 Å². The Balaban J connectivity index is 1.48. The fourth-order valence-corrected chi connectivity index (χ4v) is 4.28. The number of carbonyl (C=O) groups is 1. The van der Waals surface area contributed by atoms with E-state index in [9.17, 15) is 4.79 Å². The van der Waals surface area contributed by atoms with Gasteiger partial charge >= 0.3 is 0 Å². The molecule has 9 heteroatoms. The van der Waals surface area contributed by atoms with Crippen molar-refractivity contribution in [2.24, 2.45) is 0 Å². The number of nitrogens with zero attached hydrogens (tertiary/aromatic N) is 6. The molecule has 0 atom stereocenters. The second-order valence-corrected chi connectivity index (χ2v) is 7.71. The van der Waals surface area contributed by atoms with Crippen molar-refractivity contribution < 1.29 is 9.53 Å². The Labute approximate surface area is 184 Å². The van der Waals surface area contributed by atoms with Gasteiger partial charge in [0.05, 0.1) is 25.1 Å². The van der Waals surface area contributed by atoms with Gasteiger partial charge in [-0.25, -0.2) is 25.0 Å². The van der Waals surface area contributed by atoms with E-state index in [2.05, 4.69) is 20.3 Å². The SMILES string of the molecule is O=C1NCc2cc(-c3cnc(N(c4ccccn4)N4CCOCC4)c4nccn34)ccc21. The van der Waals surface area contributed by atoms with Crippen LogP contribution in [0.3, 0.4) is 0 Å². The number of imidazole rings is 1. The number of fused-ring (bicyclic) bond motifs is 2. The number of benzene rings is 1. The maximum Gasteiger partial charge on any atom is 0.251 e. The molecule has 0 bridgehead atoms. The summed E-state index contributed by atoms with van der Waals surface area (Å²) in [5.74, 6) is 1.46. The normalized spacial score (nSPS) is 16.2. The van der Waals surface area contributed by atoms with Crippen LogP contribution in [0.4, 0.5) is 11.6 Å². The number of anilines is 2. The van der Waals surface area contributed by atoms with E-state index < -0.39 is 0 Å². The number of hydrazine groups is 1. The van der Waals surface area contributed by atoms with Gasteiger partial charge in [0, 0.05) is 49.4 Å². The number of hydrogen-bond acceptors (Lipinski definition) is 7. The van der Waals surface area contributed by atoms with E-state index in [-0.39, 0.29) is 5.91 Å². The molecular weight excluding hydrogens is 406 g/mol. The summed E-state index contributed by atoms with van der Waals surface area (Å²) in [5.41, 5.74) is 4.35. The molecule has 160 valence electrons. The Morgan fingerprint density at radius 3 is 2.78 bits per heavy atom. The van der Waals surface area contributed by atoms with E-state index in [1.807, 2.05) is 58.2 Å². The van der Waals surface area contributed by atoms with Crippen LogP contribution in [0.2, 0.25) is 0 Å². The van der Waals surface area contributed by atoms with Gasteiger partial charge in [0.25, 0.3) is 5.91 Å². The minimum atomic E-state index is -0.0238. The predicted molar refractivity (Wildman–Crippen MR) is 118 cm³/mol. The fourth-order valence-electron chi connectivity index (χ4n) is 4.28. The number of aromatic nitrogens is 4. The molecule has 2 aliphatic heterocycles. The van der Waals surface area contributed by atoms with Crippen molar-refractivity contribution >= 4 is 23.2 Å². The summed E-state index contributed by atoms with van der Waals surface area (Å²) in [4.78, 5) is 26.0. The first-order chi connectivity index (χ1) is 15.8. The molecule has 1 N–H and O–H groups in total. The molecule has 5 heterocycles. The van der Waals surface area contributed by atoms with E-state index in [0.717, 1.165) is 46.9 Å². The van der Waals surface area contributed by atoms with E-state index >= 15 is 0 Å². The summed E-state index contributed by atoms with van der Waals surface area (Å²) >= 11 is 0. The molecule has 0 unspecified atom stereocenters. The minimum Gasteiger partial charge on any atom is -0.379 e. The Morgan fingerprint density at radius 2 is 1.94 bits per heavy atom. The molecule has 0 aliphatic carbocycles. The van der Waals surface area contributed by atoms with E-state index in [1.54, 1.807) is 12.4 Å². The second-order valence-electron chi connectivity index (χ2n) is 7.71. The molecule has 1 amide bonds. The number of hydrogen-bond donors (Lipinski definition) is 1. The highest BCUT2D eigenvalue weighted by molar-refractivity contribution is 5.98. The molecule has 9 nitrogen and oxygen atoms in total. The van der Waals surface area contributed by atoms with Gasteiger partial charge in [-0.15, -0.1) is 0 Å². The highest BCUT2D eigenvalue weighted by Gasteiger charge is 2.26. The first-order valence-corrected chi connectivity index (χ1v) is 10.6. The van der Waals surface area contributed by atoms with Crippen molar-refractivity contribution in [3.63, 3.8) is 0 Å². The van der Waals surface area contributed by atoms with Gasteiger partial charge in [0.1, 0.15) is 5.82 Å². The number of nitrogens with one attached hydrogen (secondary N) is 1. The summed E-state index contributed by atoms with van der Waals surface area (Å²) < 4.78 is 7.59. The molecule has 3 aromatic heterocycles. The zero-order valence-electron chi connectivity index (χ0n) is 17.3. The van der Waals surface area contributed by atoms with Gasteiger partial charge < -0.3 is 10.1 Å². The molecule has 2 aliphatic rings. The molecule has 6 rings (SSSR count). The lowest BCUT2D eigenvalue weighted by Crippen LogP contribution is -2.47. The van der Waals surface area contributed by atoms with E-state index in [4.69, 9.17) is 9.72 Å². The maximum absolute atomic E-state index is 11.9. The third-order valence-electron chi connectivity index (χ3n) is 5.83. The Bertz CT molecular complexity index is 1300. The Hall–Kier alpha value is -3.82. The molecule has 0 saturated carbocycles. The minimum absolute atomic E-state index is 0.0238. The fraction of sp³-hybridized carbons (Fsp3) is 0.217. The lowest BCUT2D eigenvalue weighted by atomic mass is 10.0. The molecule has 32 heavy (non-hydrogen) atoms. The molecule has 4 aromatic rings. The van der Waals surface area contributed by atoms with Gasteiger partial charge in [-0.3, -0.25) is 9.20 Å². The maximum atomic E-state index is 11.9. The monoisotopic (exact) mass is 427 g/mol. The third-order valence-corrected chi connectivity index (χ3v) is 5.83. The number of pyridine rings is 1. The zero-order valence-corrected chi connectivity index (χ0v) is 17.3. The van der Waals surface area contributed by atoms with Crippen LogP contribution in [0, 0.1) is 0 Å². The van der Waals surface area contributed by atoms with Gasteiger partial charge in [0.15, 0.2) is 11.5 Å². The van der Waals surface area contributed by atoms with Crippen LogP contribution >= 0.6 is 0 Å². The van der Waals surface area contributed by atoms with Crippen LogP contribution in [0.5, 0.6) is 0 Å². The molecule has 1 fully saturated rings. The van der Waals surface area contributed by atoms with E-state index in [0.29, 0.717) is 25.6 Å². The first kappa shape index (κ1) is 18.9. The number of morpholine rings is 1. The summed E-state index contributed by atoms with van der Waals surface area (Å²) in [6.45, 7) is 3.31. The van der Waals surface area contributed by atoms with Gasteiger partial charge in [-0.2, -0.15) is 0 Å². The van der Waals surface area contributed by atoms with Crippen LogP contribution in [0.1, 0.15) is 15.9 Å². The molecular formula is C23H21N7O2. The number of amides is 1. The summed E-state index contributed by atoms with van der Waals surface area (Å²) in [6.07, 6.45) is 7.34. The second kappa shape index (κ2) is 7.70. The number of ether oxygens (including phenoxy) is 1. The van der Waals surface area contributed by atoms with Crippen LogP contribution in [0.15, 0.2) is 61.2 Å². The van der Waals surface area contributed by atoms with Crippen molar-refractivity contribution in [2.75, 3.05) is 31.3 Å². The topological polar surface area (TPSA) is 87.9 Å². The van der Waals surface area contributed by atoms with Crippen molar-refractivity contribution in [2.45, 2.75) is 6.54 Å². The smallest absolute Gasteiger partial charge is 0.251 e. The van der Waals surface area contributed by atoms with Crippen LogP contribution in [0.25, 0.3) is 16.9 Å². The van der Waals surface area contributed by atoms with Crippen molar-refractivity contribution in [3.8, 4) is 11.3 Å². The molecule has 1 aromatic carbocycles. The molecule has 1 saturated heterocycles. The predicted octanol–water partition coefficient (Wildman–Crippen LogP) is 2.42. The lowest BCUT2D eigenvalue weighted by Gasteiger charge is -2.37. The highest BCUT2D eigenvalue weighted by Crippen LogP contribution is 2.31. The van der Waals surface area contributed by atoms with Crippen LogP contribution in [-0.2, 0) is 11.3 Å². The molecule has 0 radical (unpaired) electrons.